The lowest BCUT2D eigenvalue weighted by Gasteiger charge is -1.86. The molecule has 0 fully saturated rings. The summed E-state index contributed by atoms with van der Waals surface area (Å²) in [5.41, 5.74) is 11.3. The van der Waals surface area contributed by atoms with Crippen molar-refractivity contribution < 1.29 is 0 Å². The maximum absolute atomic E-state index is 5.35. The van der Waals surface area contributed by atoms with E-state index in [0.717, 1.165) is 5.69 Å². The number of anilines is 1. The van der Waals surface area contributed by atoms with Gasteiger partial charge in [-0.05, 0) is 0 Å². The van der Waals surface area contributed by atoms with Crippen molar-refractivity contribution in [1.82, 2.24) is 9.97 Å². The van der Waals surface area contributed by atoms with Crippen LogP contribution in [-0.4, -0.2) is 9.97 Å². The number of nitrogens with zero attached hydrogens (tertiary/aromatic N) is 1. The van der Waals surface area contributed by atoms with E-state index in [4.69, 9.17) is 11.5 Å². The first kappa shape index (κ1) is 5.11. The Hall–Kier alpha value is -1.03. The molecule has 0 bridgehead atoms. The summed E-state index contributed by atoms with van der Waals surface area (Å²) in [5, 5.41) is 0. The van der Waals surface area contributed by atoms with Gasteiger partial charge in [-0.1, -0.05) is 0 Å². The fourth-order valence-electron chi connectivity index (χ4n) is 0.495. The fraction of sp³-hybridized carbons (Fsp3) is 0.250. The number of nitrogens with two attached hydrogens (primary N) is 2. The van der Waals surface area contributed by atoms with Gasteiger partial charge in [0.1, 0.15) is 5.82 Å². The van der Waals surface area contributed by atoms with Gasteiger partial charge in [0.2, 0.25) is 0 Å². The minimum Gasteiger partial charge on any atom is -0.384 e. The Morgan fingerprint density at radius 3 is 2.75 bits per heavy atom. The van der Waals surface area contributed by atoms with E-state index in [9.17, 15) is 0 Å². The molecule has 5 N–H and O–H groups in total. The van der Waals surface area contributed by atoms with Crippen molar-refractivity contribution >= 4 is 5.82 Å². The minimum atomic E-state index is 0.398. The SMILES string of the molecule is NCc1nc[nH]c1N. The molecule has 0 saturated carbocycles. The molecule has 0 unspecified atom stereocenters. The van der Waals surface area contributed by atoms with Crippen LogP contribution in [0.3, 0.4) is 0 Å². The van der Waals surface area contributed by atoms with E-state index >= 15 is 0 Å². The van der Waals surface area contributed by atoms with Gasteiger partial charge in [0.25, 0.3) is 0 Å². The molecule has 0 aromatic carbocycles. The topological polar surface area (TPSA) is 80.7 Å². The number of aromatic nitrogens is 2. The van der Waals surface area contributed by atoms with Crippen LogP contribution in [0, 0.1) is 0 Å². The molecular formula is C4H8N4. The first-order valence-electron chi connectivity index (χ1n) is 2.32. The second-order valence-corrected chi connectivity index (χ2v) is 1.47. The number of hydrogen-bond acceptors (Lipinski definition) is 3. The number of rotatable bonds is 1. The van der Waals surface area contributed by atoms with Crippen molar-refractivity contribution in [1.29, 1.82) is 0 Å². The second kappa shape index (κ2) is 1.83. The molecule has 0 saturated heterocycles. The van der Waals surface area contributed by atoms with Crippen molar-refractivity contribution in [2.75, 3.05) is 5.73 Å². The molecule has 8 heavy (non-hydrogen) atoms. The zero-order chi connectivity index (χ0) is 5.98. The number of nitrogen functional groups attached to an aromatic ring is 1. The molecule has 0 aliphatic rings. The Morgan fingerprint density at radius 1 is 1.75 bits per heavy atom. The molecule has 1 rings (SSSR count). The van der Waals surface area contributed by atoms with Crippen LogP contribution in [0.1, 0.15) is 5.69 Å². The van der Waals surface area contributed by atoms with Gasteiger partial charge in [0.15, 0.2) is 0 Å². The molecule has 1 heterocycles. The zero-order valence-corrected chi connectivity index (χ0v) is 4.39. The molecule has 0 spiro atoms. The van der Waals surface area contributed by atoms with Gasteiger partial charge in [0, 0.05) is 6.54 Å². The third-order valence-corrected chi connectivity index (χ3v) is 0.945. The summed E-state index contributed by atoms with van der Waals surface area (Å²) in [6.45, 7) is 0.398. The van der Waals surface area contributed by atoms with Gasteiger partial charge in [-0.15, -0.1) is 0 Å². The van der Waals surface area contributed by atoms with Crippen LogP contribution in [-0.2, 0) is 6.54 Å². The van der Waals surface area contributed by atoms with Crippen LogP contribution in [0.15, 0.2) is 6.33 Å². The summed E-state index contributed by atoms with van der Waals surface area (Å²) < 4.78 is 0. The Balaban J connectivity index is 2.92. The molecular weight excluding hydrogens is 104 g/mol. The number of H-pyrrole nitrogens is 1. The predicted octanol–water partition coefficient (Wildman–Crippen LogP) is -0.549. The summed E-state index contributed by atoms with van der Waals surface area (Å²) in [4.78, 5) is 6.53. The molecule has 0 aliphatic heterocycles. The average molecular weight is 112 g/mol. The third kappa shape index (κ3) is 0.651. The van der Waals surface area contributed by atoms with Gasteiger partial charge in [-0.3, -0.25) is 0 Å². The molecule has 0 radical (unpaired) electrons. The molecule has 1 aromatic rings. The largest absolute Gasteiger partial charge is 0.384 e. The van der Waals surface area contributed by atoms with E-state index in [1.165, 1.54) is 6.33 Å². The molecule has 4 heteroatoms. The van der Waals surface area contributed by atoms with Crippen molar-refractivity contribution in [3.63, 3.8) is 0 Å². The predicted molar refractivity (Wildman–Crippen MR) is 30.9 cm³/mol. The van der Waals surface area contributed by atoms with E-state index in [-0.39, 0.29) is 0 Å². The highest BCUT2D eigenvalue weighted by molar-refractivity contribution is 5.32. The van der Waals surface area contributed by atoms with Crippen molar-refractivity contribution in [3.05, 3.63) is 12.0 Å². The van der Waals surface area contributed by atoms with Gasteiger partial charge >= 0.3 is 0 Å². The molecule has 0 amide bonds. The van der Waals surface area contributed by atoms with Gasteiger partial charge in [0.05, 0.1) is 12.0 Å². The summed E-state index contributed by atoms with van der Waals surface area (Å²) in [5.74, 6) is 0.563. The van der Waals surface area contributed by atoms with Crippen LogP contribution < -0.4 is 11.5 Å². The molecule has 44 valence electrons. The highest BCUT2D eigenvalue weighted by Gasteiger charge is 1.94. The lowest BCUT2D eigenvalue weighted by Crippen LogP contribution is -2.00. The van der Waals surface area contributed by atoms with Gasteiger partial charge in [-0.2, -0.15) is 0 Å². The Bertz CT molecular complexity index is 168. The maximum Gasteiger partial charge on any atom is 0.125 e. The van der Waals surface area contributed by atoms with Crippen LogP contribution >= 0.6 is 0 Å². The van der Waals surface area contributed by atoms with Crippen LogP contribution in [0.2, 0.25) is 0 Å². The lowest BCUT2D eigenvalue weighted by molar-refractivity contribution is 1.02. The number of imidazole rings is 1. The quantitative estimate of drug-likeness (QED) is 0.456. The van der Waals surface area contributed by atoms with E-state index in [1.54, 1.807) is 0 Å². The highest BCUT2D eigenvalue weighted by atomic mass is 15.0. The van der Waals surface area contributed by atoms with E-state index in [1.807, 2.05) is 0 Å². The standard InChI is InChI=1S/C4H8N4/c5-1-3-4(6)8-2-7-3/h2H,1,5-6H2,(H,7,8). The van der Waals surface area contributed by atoms with Crippen LogP contribution in [0.4, 0.5) is 5.82 Å². The fourth-order valence-corrected chi connectivity index (χ4v) is 0.495. The summed E-state index contributed by atoms with van der Waals surface area (Å²) in [7, 11) is 0. The zero-order valence-electron chi connectivity index (χ0n) is 4.39. The number of hydrogen-bond donors (Lipinski definition) is 3. The smallest absolute Gasteiger partial charge is 0.125 e. The lowest BCUT2D eigenvalue weighted by atomic mass is 10.4. The second-order valence-electron chi connectivity index (χ2n) is 1.47. The molecule has 0 atom stereocenters. The van der Waals surface area contributed by atoms with Crippen molar-refractivity contribution in [3.8, 4) is 0 Å². The van der Waals surface area contributed by atoms with E-state index < -0.39 is 0 Å². The molecule has 0 aliphatic carbocycles. The summed E-state index contributed by atoms with van der Waals surface area (Å²) >= 11 is 0. The summed E-state index contributed by atoms with van der Waals surface area (Å²) in [6.07, 6.45) is 1.53. The Labute approximate surface area is 46.9 Å². The molecule has 4 nitrogen and oxygen atoms in total. The first-order chi connectivity index (χ1) is 3.84. The third-order valence-electron chi connectivity index (χ3n) is 0.945. The van der Waals surface area contributed by atoms with Crippen molar-refractivity contribution in [2.24, 2.45) is 5.73 Å². The van der Waals surface area contributed by atoms with E-state index in [2.05, 4.69) is 9.97 Å². The molecule has 1 aromatic heterocycles. The first-order valence-corrected chi connectivity index (χ1v) is 2.32. The van der Waals surface area contributed by atoms with E-state index in [0.29, 0.717) is 12.4 Å². The number of aromatic amines is 1. The van der Waals surface area contributed by atoms with Gasteiger partial charge < -0.3 is 16.5 Å². The van der Waals surface area contributed by atoms with Gasteiger partial charge in [-0.25, -0.2) is 4.98 Å². The summed E-state index contributed by atoms with van der Waals surface area (Å²) in [6, 6.07) is 0. The van der Waals surface area contributed by atoms with Crippen LogP contribution in [0.5, 0.6) is 0 Å². The monoisotopic (exact) mass is 112 g/mol. The minimum absolute atomic E-state index is 0.398. The highest BCUT2D eigenvalue weighted by Crippen LogP contribution is 2.00. The normalized spacial score (nSPS) is 9.62. The van der Waals surface area contributed by atoms with Crippen molar-refractivity contribution in [2.45, 2.75) is 6.54 Å². The van der Waals surface area contributed by atoms with Crippen LogP contribution in [0.25, 0.3) is 0 Å². The maximum atomic E-state index is 5.35. The average Bonchev–Trinajstić information content (AvgIpc) is 2.14. The Morgan fingerprint density at radius 2 is 2.50 bits per heavy atom. The number of nitrogens with one attached hydrogen (secondary N) is 1. The Kier molecular flexibility index (Phi) is 1.17.